The Morgan fingerprint density at radius 2 is 2.26 bits per heavy atom. The first-order valence-electron chi connectivity index (χ1n) is 6.84. The number of rotatable bonds is 4. The summed E-state index contributed by atoms with van der Waals surface area (Å²) in [6, 6.07) is 8.11. The minimum atomic E-state index is 0.236. The number of amides is 1. The van der Waals surface area contributed by atoms with Crippen LogP contribution in [0, 0.1) is 5.92 Å². The second-order valence-electron chi connectivity index (χ2n) is 5.36. The zero-order chi connectivity index (χ0) is 13.8. The number of benzene rings is 1. The fraction of sp³-hybridized carbons (Fsp3) is 0.533. The minimum Gasteiger partial charge on any atom is -0.342 e. The van der Waals surface area contributed by atoms with Crippen LogP contribution in [0.4, 0.5) is 0 Å². The molecule has 0 aromatic heterocycles. The predicted octanol–water partition coefficient (Wildman–Crippen LogP) is 2.75. The van der Waals surface area contributed by atoms with E-state index >= 15 is 0 Å². The van der Waals surface area contributed by atoms with Crippen molar-refractivity contribution in [1.29, 1.82) is 0 Å². The quantitative estimate of drug-likeness (QED) is 0.925. The summed E-state index contributed by atoms with van der Waals surface area (Å²) in [6.45, 7) is 4.49. The van der Waals surface area contributed by atoms with E-state index in [0.29, 0.717) is 18.9 Å². The molecule has 4 heteroatoms. The summed E-state index contributed by atoms with van der Waals surface area (Å²) in [5, 5.41) is 0. The van der Waals surface area contributed by atoms with Gasteiger partial charge in [0.2, 0.25) is 5.91 Å². The second kappa shape index (κ2) is 6.53. The average molecular weight is 325 g/mol. The minimum absolute atomic E-state index is 0.236. The summed E-state index contributed by atoms with van der Waals surface area (Å²) in [5.41, 5.74) is 6.86. The van der Waals surface area contributed by atoms with Crippen molar-refractivity contribution in [2.45, 2.75) is 25.7 Å². The molecule has 1 saturated heterocycles. The van der Waals surface area contributed by atoms with Crippen LogP contribution in [-0.4, -0.2) is 30.4 Å². The van der Waals surface area contributed by atoms with E-state index in [9.17, 15) is 4.79 Å². The van der Waals surface area contributed by atoms with Crippen molar-refractivity contribution in [3.05, 3.63) is 34.3 Å². The van der Waals surface area contributed by atoms with Gasteiger partial charge in [-0.15, -0.1) is 0 Å². The maximum atomic E-state index is 12.3. The monoisotopic (exact) mass is 324 g/mol. The van der Waals surface area contributed by atoms with Gasteiger partial charge in [0.1, 0.15) is 0 Å². The summed E-state index contributed by atoms with van der Waals surface area (Å²) in [6.07, 6.45) is 1.62. The van der Waals surface area contributed by atoms with Gasteiger partial charge >= 0.3 is 0 Å². The lowest BCUT2D eigenvalue weighted by molar-refractivity contribution is -0.130. The first-order valence-corrected chi connectivity index (χ1v) is 7.63. The van der Waals surface area contributed by atoms with Gasteiger partial charge in [0.05, 0.1) is 0 Å². The van der Waals surface area contributed by atoms with E-state index < -0.39 is 0 Å². The maximum Gasteiger partial charge on any atom is 0.223 e. The normalized spacial score (nSPS) is 20.6. The molecule has 0 bridgehead atoms. The van der Waals surface area contributed by atoms with E-state index in [1.165, 1.54) is 5.56 Å². The first-order chi connectivity index (χ1) is 9.11. The number of carbonyl (C=O) groups is 1. The molecule has 19 heavy (non-hydrogen) atoms. The van der Waals surface area contributed by atoms with E-state index in [2.05, 4.69) is 28.9 Å². The van der Waals surface area contributed by atoms with Gasteiger partial charge < -0.3 is 10.6 Å². The summed E-state index contributed by atoms with van der Waals surface area (Å²) < 4.78 is 1.08. The standard InChI is InChI=1S/C15H21BrN2O/c1-11(13-4-2-3-5-14(13)16)8-15(19)18-7-6-12(9-17)10-18/h2-5,11-12H,6-10,17H2,1H3/t11-,12+/m0/s1. The lowest BCUT2D eigenvalue weighted by Gasteiger charge is -2.20. The van der Waals surface area contributed by atoms with E-state index in [-0.39, 0.29) is 11.8 Å². The number of hydrogen-bond donors (Lipinski definition) is 1. The topological polar surface area (TPSA) is 46.3 Å². The third-order valence-electron chi connectivity index (χ3n) is 3.89. The van der Waals surface area contributed by atoms with Gasteiger partial charge in [-0.2, -0.15) is 0 Å². The molecule has 104 valence electrons. The van der Waals surface area contributed by atoms with E-state index in [1.807, 2.05) is 23.1 Å². The molecular weight excluding hydrogens is 304 g/mol. The molecule has 1 amide bonds. The number of nitrogens with two attached hydrogens (primary N) is 1. The van der Waals surface area contributed by atoms with E-state index in [0.717, 1.165) is 24.0 Å². The predicted molar refractivity (Wildman–Crippen MR) is 80.9 cm³/mol. The Morgan fingerprint density at radius 1 is 1.53 bits per heavy atom. The Labute approximate surface area is 123 Å². The van der Waals surface area contributed by atoms with Crippen LogP contribution in [0.1, 0.15) is 31.2 Å². The molecule has 0 spiro atoms. The fourth-order valence-electron chi connectivity index (χ4n) is 2.63. The summed E-state index contributed by atoms with van der Waals surface area (Å²) in [7, 11) is 0. The Morgan fingerprint density at radius 3 is 2.89 bits per heavy atom. The van der Waals surface area contributed by atoms with Crippen LogP contribution < -0.4 is 5.73 Å². The molecule has 1 aromatic rings. The highest BCUT2D eigenvalue weighted by molar-refractivity contribution is 9.10. The highest BCUT2D eigenvalue weighted by atomic mass is 79.9. The number of halogens is 1. The van der Waals surface area contributed by atoms with Gasteiger partial charge in [-0.25, -0.2) is 0 Å². The summed E-state index contributed by atoms with van der Waals surface area (Å²) >= 11 is 3.55. The summed E-state index contributed by atoms with van der Waals surface area (Å²) in [5.74, 6) is 0.974. The molecule has 1 aromatic carbocycles. The number of nitrogens with zero attached hydrogens (tertiary/aromatic N) is 1. The molecule has 2 rings (SSSR count). The molecular formula is C15H21BrN2O. The molecule has 0 aliphatic carbocycles. The van der Waals surface area contributed by atoms with Crippen molar-refractivity contribution in [1.82, 2.24) is 4.90 Å². The van der Waals surface area contributed by atoms with Crippen molar-refractivity contribution < 1.29 is 4.79 Å². The van der Waals surface area contributed by atoms with Crippen molar-refractivity contribution in [3.8, 4) is 0 Å². The van der Waals surface area contributed by atoms with Gasteiger partial charge in [0.15, 0.2) is 0 Å². The van der Waals surface area contributed by atoms with Crippen LogP contribution in [0.15, 0.2) is 28.7 Å². The number of hydrogen-bond acceptors (Lipinski definition) is 2. The van der Waals surface area contributed by atoms with Crippen molar-refractivity contribution >= 4 is 21.8 Å². The Balaban J connectivity index is 1.94. The molecule has 3 nitrogen and oxygen atoms in total. The van der Waals surface area contributed by atoms with E-state index in [4.69, 9.17) is 5.73 Å². The molecule has 2 N–H and O–H groups in total. The lowest BCUT2D eigenvalue weighted by atomic mass is 9.97. The fourth-order valence-corrected chi connectivity index (χ4v) is 3.30. The van der Waals surface area contributed by atoms with E-state index in [1.54, 1.807) is 0 Å². The maximum absolute atomic E-state index is 12.3. The molecule has 1 fully saturated rings. The zero-order valence-electron chi connectivity index (χ0n) is 11.3. The van der Waals surface area contributed by atoms with Crippen LogP contribution in [0.5, 0.6) is 0 Å². The Kier molecular flexibility index (Phi) is 4.99. The molecule has 0 radical (unpaired) electrons. The van der Waals surface area contributed by atoms with Gasteiger partial charge in [-0.05, 0) is 36.4 Å². The third kappa shape index (κ3) is 3.57. The van der Waals surface area contributed by atoms with Gasteiger partial charge in [-0.3, -0.25) is 4.79 Å². The van der Waals surface area contributed by atoms with Crippen molar-refractivity contribution in [2.75, 3.05) is 19.6 Å². The third-order valence-corrected chi connectivity index (χ3v) is 4.61. The molecule has 1 heterocycles. The summed E-state index contributed by atoms with van der Waals surface area (Å²) in [4.78, 5) is 14.2. The van der Waals surface area contributed by atoms with Crippen LogP contribution in [0.3, 0.4) is 0 Å². The van der Waals surface area contributed by atoms with Gasteiger partial charge in [-0.1, -0.05) is 41.1 Å². The molecule has 0 saturated carbocycles. The Bertz CT molecular complexity index is 450. The van der Waals surface area contributed by atoms with Crippen LogP contribution in [0.25, 0.3) is 0 Å². The molecule has 1 aliphatic heterocycles. The highest BCUT2D eigenvalue weighted by Crippen LogP contribution is 2.28. The largest absolute Gasteiger partial charge is 0.342 e. The smallest absolute Gasteiger partial charge is 0.223 e. The number of likely N-dealkylation sites (tertiary alicyclic amines) is 1. The Hall–Kier alpha value is -0.870. The lowest BCUT2D eigenvalue weighted by Crippen LogP contribution is -2.30. The second-order valence-corrected chi connectivity index (χ2v) is 6.21. The number of carbonyl (C=O) groups excluding carboxylic acids is 1. The van der Waals surface area contributed by atoms with Crippen LogP contribution >= 0.6 is 15.9 Å². The first kappa shape index (κ1) is 14.5. The zero-order valence-corrected chi connectivity index (χ0v) is 12.9. The SMILES string of the molecule is C[C@@H](CC(=O)N1CC[C@H](CN)C1)c1ccccc1Br. The molecule has 2 atom stereocenters. The van der Waals surface area contributed by atoms with Gasteiger partial charge in [0, 0.05) is 24.0 Å². The average Bonchev–Trinajstić information content (AvgIpc) is 2.88. The van der Waals surface area contributed by atoms with Gasteiger partial charge in [0.25, 0.3) is 0 Å². The van der Waals surface area contributed by atoms with Crippen molar-refractivity contribution in [3.63, 3.8) is 0 Å². The van der Waals surface area contributed by atoms with Crippen LogP contribution in [0.2, 0.25) is 0 Å². The van der Waals surface area contributed by atoms with Crippen molar-refractivity contribution in [2.24, 2.45) is 11.7 Å². The van der Waals surface area contributed by atoms with Crippen LogP contribution in [-0.2, 0) is 4.79 Å². The molecule has 0 unspecified atom stereocenters. The molecule has 1 aliphatic rings. The highest BCUT2D eigenvalue weighted by Gasteiger charge is 2.26.